The van der Waals surface area contributed by atoms with Crippen LogP contribution in [0.3, 0.4) is 0 Å². The number of nitrogens with zero attached hydrogens (tertiary/aromatic N) is 3. The van der Waals surface area contributed by atoms with Gasteiger partial charge in [0.05, 0.1) is 17.7 Å². The summed E-state index contributed by atoms with van der Waals surface area (Å²) in [5, 5.41) is 10.5. The van der Waals surface area contributed by atoms with Crippen molar-refractivity contribution in [3.63, 3.8) is 0 Å². The first-order valence-electron chi connectivity index (χ1n) is 7.67. The van der Waals surface area contributed by atoms with Crippen molar-refractivity contribution in [1.82, 2.24) is 14.8 Å². The van der Waals surface area contributed by atoms with Crippen LogP contribution >= 0.6 is 11.3 Å². The number of thiazole rings is 1. The summed E-state index contributed by atoms with van der Waals surface area (Å²) < 4.78 is 0. The fourth-order valence-electron chi connectivity index (χ4n) is 3.36. The zero-order valence-electron chi connectivity index (χ0n) is 12.7. The van der Waals surface area contributed by atoms with Crippen molar-refractivity contribution >= 4 is 17.3 Å². The highest BCUT2D eigenvalue weighted by Gasteiger charge is 2.33. The molecule has 0 radical (unpaired) electrons. The number of aryl methyl sites for hydroxylation is 1. The lowest BCUT2D eigenvalue weighted by molar-refractivity contribution is -0.139. The largest absolute Gasteiger partial charge is 0.481 e. The minimum absolute atomic E-state index is 0.294. The topological polar surface area (TPSA) is 56.7 Å². The van der Waals surface area contributed by atoms with Gasteiger partial charge < -0.3 is 10.0 Å². The maximum atomic E-state index is 11.4. The van der Waals surface area contributed by atoms with Crippen LogP contribution in [0.4, 0.5) is 0 Å². The molecule has 2 heterocycles. The van der Waals surface area contributed by atoms with E-state index in [2.05, 4.69) is 23.9 Å². The molecule has 5 nitrogen and oxygen atoms in total. The lowest BCUT2D eigenvalue weighted by atomic mass is 9.91. The van der Waals surface area contributed by atoms with Crippen LogP contribution in [0.1, 0.15) is 46.8 Å². The molecule has 21 heavy (non-hydrogen) atoms. The standard InChI is InChI=1S/C15H23N3O2S/c1-17-7-4-8-18(2)11(9-17)14-16-13-10(15(19)20)5-3-6-12(13)21-14/h10-11H,3-9H2,1-2H3,(H,19,20). The molecule has 0 saturated carbocycles. The van der Waals surface area contributed by atoms with Crippen molar-refractivity contribution in [1.29, 1.82) is 0 Å². The van der Waals surface area contributed by atoms with E-state index in [1.165, 1.54) is 11.3 Å². The highest BCUT2D eigenvalue weighted by Crippen LogP contribution is 2.38. The second kappa shape index (κ2) is 6.02. The second-order valence-corrected chi connectivity index (χ2v) is 7.37. The summed E-state index contributed by atoms with van der Waals surface area (Å²) in [4.78, 5) is 22.1. The Bertz CT molecular complexity index is 531. The van der Waals surface area contributed by atoms with Crippen molar-refractivity contribution in [2.75, 3.05) is 33.7 Å². The first kappa shape index (κ1) is 14.9. The number of carboxylic acid groups (broad SMARTS) is 1. The summed E-state index contributed by atoms with van der Waals surface area (Å²) in [6, 6.07) is 0.294. The molecule has 1 aliphatic carbocycles. The zero-order chi connectivity index (χ0) is 15.0. The molecule has 1 aliphatic heterocycles. The van der Waals surface area contributed by atoms with Gasteiger partial charge in [0.15, 0.2) is 0 Å². The third-order valence-electron chi connectivity index (χ3n) is 4.62. The Labute approximate surface area is 129 Å². The van der Waals surface area contributed by atoms with Crippen LogP contribution in [0.15, 0.2) is 0 Å². The number of carboxylic acids is 1. The van der Waals surface area contributed by atoms with Gasteiger partial charge in [0, 0.05) is 11.4 Å². The monoisotopic (exact) mass is 309 g/mol. The van der Waals surface area contributed by atoms with Crippen LogP contribution in [-0.2, 0) is 11.2 Å². The van der Waals surface area contributed by atoms with E-state index in [1.807, 2.05) is 0 Å². The molecule has 1 fully saturated rings. The van der Waals surface area contributed by atoms with Crippen molar-refractivity contribution < 1.29 is 9.90 Å². The summed E-state index contributed by atoms with van der Waals surface area (Å²) >= 11 is 1.74. The summed E-state index contributed by atoms with van der Waals surface area (Å²) in [7, 11) is 4.30. The predicted molar refractivity (Wildman–Crippen MR) is 82.9 cm³/mol. The molecule has 1 aromatic rings. The molecule has 0 bridgehead atoms. The molecule has 2 aliphatic rings. The lowest BCUT2D eigenvalue weighted by Crippen LogP contribution is -2.30. The van der Waals surface area contributed by atoms with Gasteiger partial charge in [0.2, 0.25) is 0 Å². The van der Waals surface area contributed by atoms with E-state index in [1.54, 1.807) is 11.3 Å². The third kappa shape index (κ3) is 2.98. The van der Waals surface area contributed by atoms with E-state index in [4.69, 9.17) is 4.98 Å². The first-order valence-corrected chi connectivity index (χ1v) is 8.49. The van der Waals surface area contributed by atoms with Gasteiger partial charge in [-0.1, -0.05) is 0 Å². The Morgan fingerprint density at radius 1 is 1.33 bits per heavy atom. The molecule has 0 amide bonds. The predicted octanol–water partition coefficient (Wildman–Crippen LogP) is 1.96. The van der Waals surface area contributed by atoms with Crippen LogP contribution in [-0.4, -0.2) is 59.6 Å². The van der Waals surface area contributed by atoms with Gasteiger partial charge in [0.25, 0.3) is 0 Å². The SMILES string of the molecule is CN1CCCN(C)C(c2nc3c(s2)CCCC3C(=O)O)C1. The summed E-state index contributed by atoms with van der Waals surface area (Å²) in [5.74, 6) is -1.12. The molecule has 3 rings (SSSR count). The first-order chi connectivity index (χ1) is 10.1. The smallest absolute Gasteiger partial charge is 0.312 e. The van der Waals surface area contributed by atoms with Crippen molar-refractivity contribution in [2.24, 2.45) is 0 Å². The Balaban J connectivity index is 1.90. The molecule has 1 N–H and O–H groups in total. The number of hydrogen-bond donors (Lipinski definition) is 1. The molecule has 1 saturated heterocycles. The van der Waals surface area contributed by atoms with Crippen LogP contribution in [0.5, 0.6) is 0 Å². The number of hydrogen-bond acceptors (Lipinski definition) is 5. The van der Waals surface area contributed by atoms with Crippen LogP contribution in [0.2, 0.25) is 0 Å². The highest BCUT2D eigenvalue weighted by atomic mass is 32.1. The maximum Gasteiger partial charge on any atom is 0.312 e. The minimum Gasteiger partial charge on any atom is -0.481 e. The lowest BCUT2D eigenvalue weighted by Gasteiger charge is -2.25. The van der Waals surface area contributed by atoms with Crippen molar-refractivity contribution in [3.05, 3.63) is 15.6 Å². The van der Waals surface area contributed by atoms with Gasteiger partial charge in [-0.25, -0.2) is 4.98 Å². The van der Waals surface area contributed by atoms with Crippen LogP contribution < -0.4 is 0 Å². The van der Waals surface area contributed by atoms with E-state index in [9.17, 15) is 9.90 Å². The number of carbonyl (C=O) groups is 1. The molecule has 2 unspecified atom stereocenters. The molecule has 116 valence electrons. The van der Waals surface area contributed by atoms with Crippen LogP contribution in [0, 0.1) is 0 Å². The van der Waals surface area contributed by atoms with E-state index in [0.29, 0.717) is 6.04 Å². The van der Waals surface area contributed by atoms with Gasteiger partial charge >= 0.3 is 5.97 Å². The van der Waals surface area contributed by atoms with E-state index >= 15 is 0 Å². The Morgan fingerprint density at radius 3 is 2.90 bits per heavy atom. The van der Waals surface area contributed by atoms with Gasteiger partial charge in [0.1, 0.15) is 5.01 Å². The average Bonchev–Trinajstić information content (AvgIpc) is 2.79. The number of fused-ring (bicyclic) bond motifs is 1. The molecular formula is C15H23N3O2S. The van der Waals surface area contributed by atoms with Crippen LogP contribution in [0.25, 0.3) is 0 Å². The van der Waals surface area contributed by atoms with Gasteiger partial charge in [-0.05, 0) is 52.9 Å². The van der Waals surface area contributed by atoms with Crippen molar-refractivity contribution in [3.8, 4) is 0 Å². The van der Waals surface area contributed by atoms with E-state index in [-0.39, 0.29) is 0 Å². The maximum absolute atomic E-state index is 11.4. The summed E-state index contributed by atoms with van der Waals surface area (Å²) in [6.07, 6.45) is 3.85. The Kier molecular flexibility index (Phi) is 4.28. The number of aromatic nitrogens is 1. The van der Waals surface area contributed by atoms with E-state index < -0.39 is 11.9 Å². The van der Waals surface area contributed by atoms with Gasteiger partial charge in [-0.2, -0.15) is 0 Å². The minimum atomic E-state index is -0.723. The number of rotatable bonds is 2. The fourth-order valence-corrected chi connectivity index (χ4v) is 4.68. The number of likely N-dealkylation sites (N-methyl/N-ethyl adjacent to an activating group) is 2. The normalized spacial score (nSPS) is 28.1. The molecule has 6 heteroatoms. The van der Waals surface area contributed by atoms with Gasteiger partial charge in [-0.3, -0.25) is 9.69 Å². The second-order valence-electron chi connectivity index (χ2n) is 6.26. The van der Waals surface area contributed by atoms with Gasteiger partial charge in [-0.15, -0.1) is 11.3 Å². The summed E-state index contributed by atoms with van der Waals surface area (Å²) in [6.45, 7) is 3.16. The fraction of sp³-hybridized carbons (Fsp3) is 0.733. The Hall–Kier alpha value is -0.980. The third-order valence-corrected chi connectivity index (χ3v) is 5.85. The molecule has 1 aromatic heterocycles. The molecule has 0 spiro atoms. The molecule has 0 aromatic carbocycles. The highest BCUT2D eigenvalue weighted by molar-refractivity contribution is 7.11. The van der Waals surface area contributed by atoms with Crippen molar-refractivity contribution in [2.45, 2.75) is 37.6 Å². The quantitative estimate of drug-likeness (QED) is 0.905. The zero-order valence-corrected chi connectivity index (χ0v) is 13.5. The Morgan fingerprint density at radius 2 is 2.14 bits per heavy atom. The number of aliphatic carboxylic acids is 1. The molecule has 2 atom stereocenters. The average molecular weight is 309 g/mol. The summed E-state index contributed by atoms with van der Waals surface area (Å²) in [5.41, 5.74) is 0.842. The van der Waals surface area contributed by atoms with E-state index in [0.717, 1.165) is 49.6 Å². The molecular weight excluding hydrogens is 286 g/mol.